The number of nitrogens with zero attached hydrogens (tertiary/aromatic N) is 2. The van der Waals surface area contributed by atoms with Crippen molar-refractivity contribution in [2.24, 2.45) is 5.73 Å². The number of hydrogen-bond acceptors (Lipinski definition) is 4. The minimum atomic E-state index is 0. The lowest BCUT2D eigenvalue weighted by molar-refractivity contribution is 0.306. The summed E-state index contributed by atoms with van der Waals surface area (Å²) in [7, 11) is 0. The zero-order valence-corrected chi connectivity index (χ0v) is 12.3. The van der Waals surface area contributed by atoms with E-state index < -0.39 is 0 Å². The number of aryl methyl sites for hydroxylation is 1. The summed E-state index contributed by atoms with van der Waals surface area (Å²) in [4.78, 5) is 2.35. The molecule has 0 amide bonds. The lowest BCUT2D eigenvalue weighted by Gasteiger charge is -2.14. The van der Waals surface area contributed by atoms with Gasteiger partial charge in [0.1, 0.15) is 5.76 Å². The second-order valence-electron chi connectivity index (χ2n) is 5.30. The van der Waals surface area contributed by atoms with Crippen molar-refractivity contribution in [2.45, 2.75) is 25.4 Å². The van der Waals surface area contributed by atoms with E-state index in [-0.39, 0.29) is 18.4 Å². The average molecular weight is 294 g/mol. The SMILES string of the molecule is Cc1cc(CN2C[C@@H](N)[C@H](c3ccccc3)C2)no1.Cl. The Kier molecular flexibility index (Phi) is 4.81. The molecule has 1 aliphatic heterocycles. The quantitative estimate of drug-likeness (QED) is 0.944. The van der Waals surface area contributed by atoms with Crippen molar-refractivity contribution in [3.8, 4) is 0 Å². The molecule has 3 rings (SSSR count). The second-order valence-corrected chi connectivity index (χ2v) is 5.30. The smallest absolute Gasteiger partial charge is 0.133 e. The van der Waals surface area contributed by atoms with Crippen molar-refractivity contribution in [3.05, 3.63) is 53.4 Å². The first-order chi connectivity index (χ1) is 9.22. The molecule has 5 heteroatoms. The third-order valence-electron chi connectivity index (χ3n) is 3.73. The lowest BCUT2D eigenvalue weighted by atomic mass is 9.95. The highest BCUT2D eigenvalue weighted by molar-refractivity contribution is 5.85. The summed E-state index contributed by atoms with van der Waals surface area (Å²) < 4.78 is 5.11. The highest BCUT2D eigenvalue weighted by Crippen LogP contribution is 2.27. The first kappa shape index (κ1) is 15.0. The van der Waals surface area contributed by atoms with Crippen molar-refractivity contribution in [2.75, 3.05) is 13.1 Å². The van der Waals surface area contributed by atoms with E-state index in [4.69, 9.17) is 10.3 Å². The Morgan fingerprint density at radius 3 is 2.70 bits per heavy atom. The molecule has 108 valence electrons. The van der Waals surface area contributed by atoms with Crippen LogP contribution < -0.4 is 5.73 Å². The van der Waals surface area contributed by atoms with Gasteiger partial charge in [0.2, 0.25) is 0 Å². The van der Waals surface area contributed by atoms with Gasteiger partial charge in [0.05, 0.1) is 5.69 Å². The van der Waals surface area contributed by atoms with Crippen LogP contribution in [0.4, 0.5) is 0 Å². The van der Waals surface area contributed by atoms with Crippen LogP contribution in [0.5, 0.6) is 0 Å². The predicted octanol–water partition coefficient (Wildman–Crippen LogP) is 2.33. The molecule has 1 aromatic carbocycles. The van der Waals surface area contributed by atoms with Gasteiger partial charge < -0.3 is 10.3 Å². The number of benzene rings is 1. The van der Waals surface area contributed by atoms with E-state index in [9.17, 15) is 0 Å². The molecular weight excluding hydrogens is 274 g/mol. The summed E-state index contributed by atoms with van der Waals surface area (Å²) in [5.74, 6) is 1.27. The van der Waals surface area contributed by atoms with E-state index >= 15 is 0 Å². The standard InChI is InChI=1S/C15H19N3O.ClH/c1-11-7-13(17-19-11)8-18-9-14(15(16)10-18)12-5-3-2-4-6-12;/h2-7,14-15H,8-10,16H2,1H3;1H/t14-,15+;/m0./s1. The molecule has 2 N–H and O–H groups in total. The molecule has 2 heterocycles. The lowest BCUT2D eigenvalue weighted by Crippen LogP contribution is -2.28. The van der Waals surface area contributed by atoms with Crippen LogP contribution in [0.15, 0.2) is 40.9 Å². The van der Waals surface area contributed by atoms with E-state index in [0.717, 1.165) is 31.1 Å². The zero-order chi connectivity index (χ0) is 13.2. The van der Waals surface area contributed by atoms with Gasteiger partial charge in [-0.15, -0.1) is 12.4 Å². The highest BCUT2D eigenvalue weighted by Gasteiger charge is 2.31. The van der Waals surface area contributed by atoms with Crippen LogP contribution in [0.2, 0.25) is 0 Å². The molecule has 0 aliphatic carbocycles. The van der Waals surface area contributed by atoms with Crippen molar-refractivity contribution in [3.63, 3.8) is 0 Å². The molecule has 1 fully saturated rings. The number of rotatable bonds is 3. The summed E-state index contributed by atoms with van der Waals surface area (Å²) in [6.07, 6.45) is 0. The highest BCUT2D eigenvalue weighted by atomic mass is 35.5. The molecule has 0 radical (unpaired) electrons. The predicted molar refractivity (Wildman–Crippen MR) is 80.9 cm³/mol. The van der Waals surface area contributed by atoms with E-state index in [1.54, 1.807) is 0 Å². The maximum absolute atomic E-state index is 6.27. The van der Waals surface area contributed by atoms with Crippen LogP contribution in [-0.2, 0) is 6.54 Å². The Labute approximate surface area is 125 Å². The Morgan fingerprint density at radius 2 is 2.05 bits per heavy atom. The molecular formula is C15H20ClN3O. The normalized spacial score (nSPS) is 22.7. The number of nitrogens with two attached hydrogens (primary N) is 1. The molecule has 2 aromatic rings. The minimum absolute atomic E-state index is 0. The number of aromatic nitrogens is 1. The molecule has 2 atom stereocenters. The maximum atomic E-state index is 6.27. The summed E-state index contributed by atoms with van der Waals surface area (Å²) >= 11 is 0. The summed E-state index contributed by atoms with van der Waals surface area (Å²) in [5.41, 5.74) is 8.59. The summed E-state index contributed by atoms with van der Waals surface area (Å²) in [6.45, 7) is 4.62. The van der Waals surface area contributed by atoms with E-state index in [1.807, 2.05) is 19.1 Å². The monoisotopic (exact) mass is 293 g/mol. The van der Waals surface area contributed by atoms with Crippen molar-refractivity contribution >= 4 is 12.4 Å². The van der Waals surface area contributed by atoms with Gasteiger partial charge in [0, 0.05) is 37.7 Å². The number of hydrogen-bond donors (Lipinski definition) is 1. The fourth-order valence-electron chi connectivity index (χ4n) is 2.82. The third kappa shape index (κ3) is 3.20. The van der Waals surface area contributed by atoms with Crippen LogP contribution in [0.3, 0.4) is 0 Å². The molecule has 0 spiro atoms. The molecule has 1 aromatic heterocycles. The van der Waals surface area contributed by atoms with E-state index in [1.165, 1.54) is 5.56 Å². The molecule has 0 unspecified atom stereocenters. The Bertz CT molecular complexity index is 543. The minimum Gasteiger partial charge on any atom is -0.361 e. The number of halogens is 1. The average Bonchev–Trinajstić information content (AvgIpc) is 2.97. The van der Waals surface area contributed by atoms with Gasteiger partial charge in [-0.05, 0) is 12.5 Å². The van der Waals surface area contributed by atoms with Crippen molar-refractivity contribution in [1.29, 1.82) is 0 Å². The second kappa shape index (κ2) is 6.39. The fraction of sp³-hybridized carbons (Fsp3) is 0.400. The molecule has 1 aliphatic rings. The van der Waals surface area contributed by atoms with Gasteiger partial charge in [-0.2, -0.15) is 0 Å². The maximum Gasteiger partial charge on any atom is 0.133 e. The molecule has 4 nitrogen and oxygen atoms in total. The van der Waals surface area contributed by atoms with Crippen molar-refractivity contribution < 1.29 is 4.52 Å². The topological polar surface area (TPSA) is 55.3 Å². The Hall–Kier alpha value is -1.36. The fourth-order valence-corrected chi connectivity index (χ4v) is 2.82. The molecule has 0 bridgehead atoms. The molecule has 0 saturated carbocycles. The van der Waals surface area contributed by atoms with Crippen LogP contribution in [-0.4, -0.2) is 29.2 Å². The van der Waals surface area contributed by atoms with Gasteiger partial charge in [0.15, 0.2) is 0 Å². The number of likely N-dealkylation sites (tertiary alicyclic amines) is 1. The van der Waals surface area contributed by atoms with E-state index in [2.05, 4.69) is 34.3 Å². The first-order valence-corrected chi connectivity index (χ1v) is 6.67. The third-order valence-corrected chi connectivity index (χ3v) is 3.73. The Morgan fingerprint density at radius 1 is 1.30 bits per heavy atom. The zero-order valence-electron chi connectivity index (χ0n) is 11.5. The van der Waals surface area contributed by atoms with Crippen LogP contribution in [0.1, 0.15) is 22.9 Å². The summed E-state index contributed by atoms with van der Waals surface area (Å²) in [6, 6.07) is 12.7. The van der Waals surface area contributed by atoms with Gasteiger partial charge in [-0.1, -0.05) is 35.5 Å². The van der Waals surface area contributed by atoms with Gasteiger partial charge in [0.25, 0.3) is 0 Å². The van der Waals surface area contributed by atoms with Crippen LogP contribution in [0, 0.1) is 6.92 Å². The van der Waals surface area contributed by atoms with Gasteiger partial charge in [-0.25, -0.2) is 0 Å². The summed E-state index contributed by atoms with van der Waals surface area (Å²) in [5, 5.41) is 4.04. The first-order valence-electron chi connectivity index (χ1n) is 6.67. The van der Waals surface area contributed by atoms with E-state index in [0.29, 0.717) is 5.92 Å². The van der Waals surface area contributed by atoms with Crippen molar-refractivity contribution in [1.82, 2.24) is 10.1 Å². The van der Waals surface area contributed by atoms with Crippen LogP contribution >= 0.6 is 12.4 Å². The van der Waals surface area contributed by atoms with Gasteiger partial charge in [-0.3, -0.25) is 4.90 Å². The van der Waals surface area contributed by atoms with Crippen LogP contribution in [0.25, 0.3) is 0 Å². The molecule has 1 saturated heterocycles. The van der Waals surface area contributed by atoms with Gasteiger partial charge >= 0.3 is 0 Å². The Balaban J connectivity index is 0.00000147. The largest absolute Gasteiger partial charge is 0.361 e. The molecule has 20 heavy (non-hydrogen) atoms.